The first-order valence-corrected chi connectivity index (χ1v) is 16.5. The summed E-state index contributed by atoms with van der Waals surface area (Å²) in [7, 11) is 0. The smallest absolute Gasteiger partial charge is 0.310 e. The van der Waals surface area contributed by atoms with Crippen molar-refractivity contribution in [2.24, 2.45) is 17.3 Å². The zero-order valence-electron chi connectivity index (χ0n) is 23.7. The van der Waals surface area contributed by atoms with Gasteiger partial charge in [0.25, 0.3) is 5.19 Å². The number of halogens is 2. The van der Waals surface area contributed by atoms with Crippen molar-refractivity contribution in [1.29, 1.82) is 0 Å². The Kier molecular flexibility index (Phi) is 8.81. The van der Waals surface area contributed by atoms with Crippen molar-refractivity contribution in [3.05, 3.63) is 70.2 Å². The van der Waals surface area contributed by atoms with Crippen LogP contribution in [-0.2, 0) is 20.8 Å². The zero-order valence-corrected chi connectivity index (χ0v) is 26.0. The molecule has 0 unspecified atom stereocenters. The number of rotatable bonds is 5. The number of para-hydroxylation sites is 1. The Bertz CT molecular complexity index is 1520. The molecule has 1 amide bonds. The molecule has 0 radical (unpaired) electrons. The van der Waals surface area contributed by atoms with Crippen LogP contribution in [0.3, 0.4) is 0 Å². The molecule has 43 heavy (non-hydrogen) atoms. The lowest BCUT2D eigenvalue weighted by molar-refractivity contribution is -0.147. The number of hydrogen-bond acceptors (Lipinski definition) is 6. The first kappa shape index (κ1) is 30.1. The molecule has 0 bridgehead atoms. The van der Waals surface area contributed by atoms with Crippen molar-refractivity contribution >= 4 is 62.4 Å². The lowest BCUT2D eigenvalue weighted by Crippen LogP contribution is -2.45. The number of amides is 1. The van der Waals surface area contributed by atoms with Gasteiger partial charge < -0.3 is 14.7 Å². The molecular weight excluding hydrogens is 607 g/mol. The zero-order chi connectivity index (χ0) is 30.1. The van der Waals surface area contributed by atoms with Gasteiger partial charge in [-0.25, -0.2) is 4.98 Å². The van der Waals surface area contributed by atoms with Crippen LogP contribution < -0.4 is 4.74 Å². The Labute approximate surface area is 264 Å². The van der Waals surface area contributed by atoms with E-state index in [1.54, 1.807) is 11.0 Å². The molecule has 1 aromatic heterocycles. The van der Waals surface area contributed by atoms with Crippen LogP contribution in [-0.4, -0.2) is 51.3 Å². The predicted octanol–water partition coefficient (Wildman–Crippen LogP) is 7.38. The van der Waals surface area contributed by atoms with Crippen molar-refractivity contribution in [1.82, 2.24) is 9.88 Å². The lowest BCUT2D eigenvalue weighted by atomic mass is 9.90. The van der Waals surface area contributed by atoms with Crippen molar-refractivity contribution in [3.8, 4) is 5.19 Å². The van der Waals surface area contributed by atoms with Crippen molar-refractivity contribution in [2.45, 2.75) is 69.9 Å². The molecule has 1 aliphatic carbocycles. The number of carbonyl (C=O) groups excluding carboxylic acids is 2. The van der Waals surface area contributed by atoms with E-state index >= 15 is 0 Å². The Hall–Kier alpha value is -2.94. The second-order valence-electron chi connectivity index (χ2n) is 12.1. The van der Waals surface area contributed by atoms with E-state index in [4.69, 9.17) is 27.9 Å². The second-order valence-corrected chi connectivity index (χ2v) is 14.0. The van der Waals surface area contributed by atoms with Crippen LogP contribution in [0.15, 0.2) is 54.6 Å². The third kappa shape index (κ3) is 6.61. The lowest BCUT2D eigenvalue weighted by Gasteiger charge is -2.29. The van der Waals surface area contributed by atoms with Gasteiger partial charge >= 0.3 is 5.97 Å². The molecule has 1 saturated heterocycles. The summed E-state index contributed by atoms with van der Waals surface area (Å²) in [5.41, 5.74) is 0.594. The number of benzene rings is 2. The number of allylic oxidation sites excluding steroid dienone is 2. The molecule has 226 valence electrons. The van der Waals surface area contributed by atoms with Gasteiger partial charge in [0.05, 0.1) is 28.2 Å². The number of ketones is 1. The minimum absolute atomic E-state index is 0.103. The summed E-state index contributed by atoms with van der Waals surface area (Å²) in [6.07, 6.45) is 8.95. The SMILES string of the molecule is O=C1C[C@]2(C(=O)O)C[C@H]2/C=C\CCCCC[C@H](Cc2cc(Cl)cc(Cl)c2)C(=O)N2C[C@H](Oc3nc4ccccc4s3)C[C@@H]12. The van der Waals surface area contributed by atoms with Gasteiger partial charge in [0.15, 0.2) is 5.78 Å². The summed E-state index contributed by atoms with van der Waals surface area (Å²) in [5, 5.41) is 11.7. The molecule has 3 heterocycles. The minimum atomic E-state index is -1.11. The maximum absolute atomic E-state index is 14.3. The number of nitrogens with zero attached hydrogens (tertiary/aromatic N) is 2. The standard InChI is InChI=1S/C33H34Cl2N2O5S/c34-23-13-20(14-24(35)15-23)12-21-8-4-2-1-3-5-9-22-17-33(22,31(40)41)18-28(38)27-16-25(19-37(27)30(21)39)42-32-36-26-10-6-7-11-29(26)43-32/h5-7,9-11,13-15,21-22,25,27H,1-4,8,12,16-19H2,(H,40,41)/b9-5-/t21-,22-,25-,27+,33-/m1/s1. The van der Waals surface area contributed by atoms with Crippen LogP contribution >= 0.6 is 34.5 Å². The van der Waals surface area contributed by atoms with Crippen LogP contribution in [0.1, 0.15) is 56.9 Å². The number of carboxylic acids is 1. The molecule has 2 aliphatic heterocycles. The first-order valence-electron chi connectivity index (χ1n) is 14.9. The molecule has 2 aromatic carbocycles. The first-order chi connectivity index (χ1) is 20.7. The van der Waals surface area contributed by atoms with Gasteiger partial charge in [0.1, 0.15) is 6.10 Å². The van der Waals surface area contributed by atoms with E-state index in [0.717, 1.165) is 41.5 Å². The van der Waals surface area contributed by atoms with E-state index in [0.29, 0.717) is 40.9 Å². The molecule has 3 aliphatic rings. The number of aliphatic carboxylic acids is 1. The summed E-state index contributed by atoms with van der Waals surface area (Å²) in [6.45, 7) is 0.237. The molecular formula is C33H34Cl2N2O5S. The molecule has 6 rings (SSSR count). The van der Waals surface area contributed by atoms with Crippen molar-refractivity contribution in [2.75, 3.05) is 6.54 Å². The van der Waals surface area contributed by atoms with Crippen LogP contribution in [0.4, 0.5) is 0 Å². The van der Waals surface area contributed by atoms with Crippen LogP contribution in [0.5, 0.6) is 5.19 Å². The van der Waals surface area contributed by atoms with Gasteiger partial charge in [-0.1, -0.05) is 71.7 Å². The fourth-order valence-corrected chi connectivity index (χ4v) is 8.12. The number of aromatic nitrogens is 1. The highest BCUT2D eigenvalue weighted by Crippen LogP contribution is 2.57. The normalized spacial score (nSPS) is 28.9. The average molecular weight is 642 g/mol. The number of carboxylic acid groups (broad SMARTS) is 1. The van der Waals surface area contributed by atoms with Gasteiger partial charge in [-0.15, -0.1) is 0 Å². The summed E-state index contributed by atoms with van der Waals surface area (Å²) in [4.78, 5) is 46.9. The third-order valence-corrected chi connectivity index (χ3v) is 10.4. The van der Waals surface area contributed by atoms with Crippen molar-refractivity contribution < 1.29 is 24.2 Å². The largest absolute Gasteiger partial charge is 0.481 e. The maximum atomic E-state index is 14.3. The van der Waals surface area contributed by atoms with Gasteiger partial charge in [0.2, 0.25) is 5.91 Å². The fraction of sp³-hybridized carbons (Fsp3) is 0.455. The number of thiazole rings is 1. The molecule has 5 atom stereocenters. The summed E-state index contributed by atoms with van der Waals surface area (Å²) in [6, 6.07) is 12.3. The van der Waals surface area contributed by atoms with Crippen molar-refractivity contribution in [3.63, 3.8) is 0 Å². The monoisotopic (exact) mass is 640 g/mol. The van der Waals surface area contributed by atoms with E-state index in [1.165, 1.54) is 11.3 Å². The minimum Gasteiger partial charge on any atom is -0.481 e. The van der Waals surface area contributed by atoms with Crippen LogP contribution in [0.25, 0.3) is 10.2 Å². The highest BCUT2D eigenvalue weighted by molar-refractivity contribution is 7.20. The number of hydrogen-bond donors (Lipinski definition) is 1. The van der Waals surface area contributed by atoms with Gasteiger partial charge in [-0.05, 0) is 73.9 Å². The Balaban J connectivity index is 1.30. The summed E-state index contributed by atoms with van der Waals surface area (Å²) < 4.78 is 7.29. The third-order valence-electron chi connectivity index (χ3n) is 9.05. The topological polar surface area (TPSA) is 96.8 Å². The van der Waals surface area contributed by atoms with Gasteiger partial charge in [-0.2, -0.15) is 0 Å². The number of ether oxygens (including phenoxy) is 1. The average Bonchev–Trinajstić information content (AvgIpc) is 3.28. The van der Waals surface area contributed by atoms with E-state index in [9.17, 15) is 19.5 Å². The van der Waals surface area contributed by atoms with Gasteiger partial charge in [0, 0.05) is 28.8 Å². The van der Waals surface area contributed by atoms with E-state index in [2.05, 4.69) is 11.1 Å². The van der Waals surface area contributed by atoms with E-state index in [-0.39, 0.29) is 36.5 Å². The quantitative estimate of drug-likeness (QED) is 0.292. The Morgan fingerprint density at radius 2 is 1.91 bits per heavy atom. The predicted molar refractivity (Wildman–Crippen MR) is 168 cm³/mol. The molecule has 3 aromatic rings. The number of Topliss-reactive ketones (excluding diaryl/α,β-unsaturated/α-hetero) is 1. The fourth-order valence-electron chi connectivity index (χ4n) is 6.67. The number of carbonyl (C=O) groups is 3. The molecule has 1 saturated carbocycles. The molecule has 1 N–H and O–H groups in total. The molecule has 0 spiro atoms. The Morgan fingerprint density at radius 1 is 1.12 bits per heavy atom. The molecule has 10 heteroatoms. The maximum Gasteiger partial charge on any atom is 0.310 e. The summed E-state index contributed by atoms with van der Waals surface area (Å²) in [5.74, 6) is -1.83. The molecule has 2 fully saturated rings. The number of fused-ring (bicyclic) bond motifs is 3. The summed E-state index contributed by atoms with van der Waals surface area (Å²) >= 11 is 14.0. The van der Waals surface area contributed by atoms with Crippen LogP contribution in [0, 0.1) is 17.3 Å². The van der Waals surface area contributed by atoms with Gasteiger partial charge in [-0.3, -0.25) is 14.4 Å². The Morgan fingerprint density at radius 3 is 2.67 bits per heavy atom. The van der Waals surface area contributed by atoms with Crippen LogP contribution in [0.2, 0.25) is 10.0 Å². The second kappa shape index (κ2) is 12.6. The highest BCUT2D eigenvalue weighted by Gasteiger charge is 2.61. The van der Waals surface area contributed by atoms with E-state index < -0.39 is 23.5 Å². The molecule has 7 nitrogen and oxygen atoms in total. The highest BCUT2D eigenvalue weighted by atomic mass is 35.5. The van der Waals surface area contributed by atoms with E-state index in [1.807, 2.05) is 42.5 Å².